The molecule has 5 nitrogen and oxygen atoms in total. The predicted molar refractivity (Wildman–Crippen MR) is 92.8 cm³/mol. The Morgan fingerprint density at radius 1 is 0.957 bits per heavy atom. The molecule has 1 aliphatic rings. The van der Waals surface area contributed by atoms with Crippen molar-refractivity contribution in [3.8, 4) is 17.2 Å². The molecule has 1 fully saturated rings. The topological polar surface area (TPSA) is 43.0 Å². The smallest absolute Gasteiger partial charge is 0.203 e. The Balaban J connectivity index is 1.60. The molecule has 0 aliphatic carbocycles. The van der Waals surface area contributed by atoms with Gasteiger partial charge in [-0.25, -0.2) is 0 Å². The van der Waals surface area contributed by atoms with E-state index < -0.39 is 0 Å². The molecule has 1 heterocycles. The zero-order valence-corrected chi connectivity index (χ0v) is 14.5. The lowest BCUT2D eigenvalue weighted by Gasteiger charge is -2.27. The van der Waals surface area contributed by atoms with E-state index in [9.17, 15) is 0 Å². The highest BCUT2D eigenvalue weighted by atomic mass is 16.5. The molecule has 1 aromatic carbocycles. The van der Waals surface area contributed by atoms with Gasteiger partial charge in [-0.2, -0.15) is 0 Å². The van der Waals surface area contributed by atoms with Gasteiger partial charge in [0.25, 0.3) is 0 Å². The molecule has 0 spiro atoms. The fraction of sp³-hybridized carbons (Fsp3) is 0.667. The molecule has 2 rings (SSSR count). The monoisotopic (exact) mass is 322 g/mol. The Kier molecular flexibility index (Phi) is 8.04. The molecule has 1 N–H and O–H groups in total. The first-order chi connectivity index (χ1) is 11.3. The Morgan fingerprint density at radius 2 is 1.61 bits per heavy atom. The molecule has 23 heavy (non-hydrogen) atoms. The van der Waals surface area contributed by atoms with Crippen LogP contribution in [0.4, 0.5) is 0 Å². The highest BCUT2D eigenvalue weighted by Gasteiger charge is 2.11. The first-order valence-electron chi connectivity index (χ1n) is 8.62. The van der Waals surface area contributed by atoms with Gasteiger partial charge in [0.05, 0.1) is 20.8 Å². The fourth-order valence-electron chi connectivity index (χ4n) is 2.86. The van der Waals surface area contributed by atoms with Crippen molar-refractivity contribution in [2.75, 3.05) is 53.6 Å². The molecule has 5 heteroatoms. The molecule has 0 radical (unpaired) electrons. The van der Waals surface area contributed by atoms with Crippen molar-refractivity contribution in [3.63, 3.8) is 0 Å². The van der Waals surface area contributed by atoms with Crippen LogP contribution in [0.2, 0.25) is 0 Å². The van der Waals surface area contributed by atoms with Crippen molar-refractivity contribution >= 4 is 0 Å². The van der Waals surface area contributed by atoms with Gasteiger partial charge in [-0.05, 0) is 31.5 Å². The minimum Gasteiger partial charge on any atom is -0.493 e. The molecule has 1 saturated heterocycles. The number of para-hydroxylation sites is 1. The maximum atomic E-state index is 5.88. The summed E-state index contributed by atoms with van der Waals surface area (Å²) >= 11 is 0. The second-order valence-corrected chi connectivity index (χ2v) is 5.85. The Bertz CT molecular complexity index is 426. The molecular weight excluding hydrogens is 292 g/mol. The lowest BCUT2D eigenvalue weighted by atomic mass is 10.2. The summed E-state index contributed by atoms with van der Waals surface area (Å²) in [6, 6.07) is 5.69. The van der Waals surface area contributed by atoms with Gasteiger partial charge < -0.3 is 24.4 Å². The third kappa shape index (κ3) is 5.92. The van der Waals surface area contributed by atoms with Crippen molar-refractivity contribution in [3.05, 3.63) is 18.2 Å². The lowest BCUT2D eigenvalue weighted by Crippen LogP contribution is -2.43. The van der Waals surface area contributed by atoms with Gasteiger partial charge in [-0.1, -0.05) is 18.9 Å². The molecule has 0 atom stereocenters. The molecular formula is C18H30N2O3. The predicted octanol–water partition coefficient (Wildman–Crippen LogP) is 2.55. The molecule has 0 amide bonds. The Labute approximate surface area is 139 Å². The average Bonchev–Trinajstić information content (AvgIpc) is 2.61. The van der Waals surface area contributed by atoms with E-state index in [1.165, 1.54) is 38.9 Å². The Hall–Kier alpha value is -1.46. The quantitative estimate of drug-likeness (QED) is 0.671. The SMILES string of the molecule is COc1cccc(OC)c1OCCCCCCN1CCNCC1. The summed E-state index contributed by atoms with van der Waals surface area (Å²) in [4.78, 5) is 2.55. The summed E-state index contributed by atoms with van der Waals surface area (Å²) in [5.41, 5.74) is 0. The molecule has 1 aliphatic heterocycles. The number of unbranched alkanes of at least 4 members (excludes halogenated alkanes) is 3. The number of hydrogen-bond donors (Lipinski definition) is 1. The highest BCUT2D eigenvalue weighted by molar-refractivity contribution is 5.51. The molecule has 0 unspecified atom stereocenters. The van der Waals surface area contributed by atoms with Gasteiger partial charge in [-0.3, -0.25) is 0 Å². The number of ether oxygens (including phenoxy) is 3. The second kappa shape index (κ2) is 10.3. The number of nitrogens with one attached hydrogen (secondary N) is 1. The third-order valence-electron chi connectivity index (χ3n) is 4.21. The normalized spacial score (nSPS) is 15.4. The van der Waals surface area contributed by atoms with E-state index >= 15 is 0 Å². The number of methoxy groups -OCH3 is 2. The van der Waals surface area contributed by atoms with E-state index in [-0.39, 0.29) is 0 Å². The summed E-state index contributed by atoms with van der Waals surface area (Å²) in [6.45, 7) is 6.57. The van der Waals surface area contributed by atoms with Crippen molar-refractivity contribution in [2.45, 2.75) is 25.7 Å². The van der Waals surface area contributed by atoms with Gasteiger partial charge in [0.2, 0.25) is 5.75 Å². The largest absolute Gasteiger partial charge is 0.493 e. The van der Waals surface area contributed by atoms with E-state index in [4.69, 9.17) is 14.2 Å². The highest BCUT2D eigenvalue weighted by Crippen LogP contribution is 2.36. The van der Waals surface area contributed by atoms with Crippen LogP contribution >= 0.6 is 0 Å². The number of rotatable bonds is 10. The zero-order valence-electron chi connectivity index (χ0n) is 14.5. The fourth-order valence-corrected chi connectivity index (χ4v) is 2.86. The van der Waals surface area contributed by atoms with Crippen LogP contribution in [0.3, 0.4) is 0 Å². The van der Waals surface area contributed by atoms with Gasteiger partial charge in [0.1, 0.15) is 0 Å². The summed E-state index contributed by atoms with van der Waals surface area (Å²) in [6.07, 6.45) is 4.79. The van der Waals surface area contributed by atoms with Gasteiger partial charge >= 0.3 is 0 Å². The zero-order chi connectivity index (χ0) is 16.3. The maximum absolute atomic E-state index is 5.88. The van der Waals surface area contributed by atoms with E-state index in [1.54, 1.807) is 14.2 Å². The van der Waals surface area contributed by atoms with Gasteiger partial charge in [0, 0.05) is 26.2 Å². The van der Waals surface area contributed by atoms with Crippen LogP contribution in [-0.2, 0) is 0 Å². The van der Waals surface area contributed by atoms with Crippen LogP contribution in [0, 0.1) is 0 Å². The minimum absolute atomic E-state index is 0.699. The number of piperazine rings is 1. The first kappa shape index (κ1) is 17.9. The van der Waals surface area contributed by atoms with E-state index in [0.29, 0.717) is 12.4 Å². The standard InChI is InChI=1S/C18H30N2O3/c1-21-16-8-7-9-17(22-2)18(16)23-15-6-4-3-5-12-20-13-10-19-11-14-20/h7-9,19H,3-6,10-15H2,1-2H3. The molecule has 1 aromatic rings. The van der Waals surface area contributed by atoms with Crippen LogP contribution in [0.5, 0.6) is 17.2 Å². The molecule has 0 aromatic heterocycles. The minimum atomic E-state index is 0.699. The van der Waals surface area contributed by atoms with Crippen LogP contribution < -0.4 is 19.5 Å². The van der Waals surface area contributed by atoms with E-state index in [1.807, 2.05) is 18.2 Å². The molecule has 0 bridgehead atoms. The lowest BCUT2D eigenvalue weighted by molar-refractivity contribution is 0.233. The van der Waals surface area contributed by atoms with Crippen molar-refractivity contribution < 1.29 is 14.2 Å². The van der Waals surface area contributed by atoms with Crippen LogP contribution in [0.15, 0.2) is 18.2 Å². The van der Waals surface area contributed by atoms with E-state index in [2.05, 4.69) is 10.2 Å². The van der Waals surface area contributed by atoms with Gasteiger partial charge in [-0.15, -0.1) is 0 Å². The number of nitrogens with zero attached hydrogens (tertiary/aromatic N) is 1. The van der Waals surface area contributed by atoms with Gasteiger partial charge in [0.15, 0.2) is 11.5 Å². The summed E-state index contributed by atoms with van der Waals surface area (Å²) < 4.78 is 16.5. The third-order valence-corrected chi connectivity index (χ3v) is 4.21. The first-order valence-corrected chi connectivity index (χ1v) is 8.62. The van der Waals surface area contributed by atoms with Crippen LogP contribution in [0.25, 0.3) is 0 Å². The number of hydrogen-bond acceptors (Lipinski definition) is 5. The summed E-state index contributed by atoms with van der Waals surface area (Å²) in [7, 11) is 3.30. The maximum Gasteiger partial charge on any atom is 0.203 e. The summed E-state index contributed by atoms with van der Waals surface area (Å²) in [5.74, 6) is 2.16. The average molecular weight is 322 g/mol. The summed E-state index contributed by atoms with van der Waals surface area (Å²) in [5, 5.41) is 3.39. The Morgan fingerprint density at radius 3 is 2.26 bits per heavy atom. The molecule has 130 valence electrons. The van der Waals surface area contributed by atoms with Crippen molar-refractivity contribution in [1.82, 2.24) is 10.2 Å². The van der Waals surface area contributed by atoms with Crippen molar-refractivity contribution in [1.29, 1.82) is 0 Å². The van der Waals surface area contributed by atoms with Crippen LogP contribution in [0.1, 0.15) is 25.7 Å². The second-order valence-electron chi connectivity index (χ2n) is 5.85. The van der Waals surface area contributed by atoms with Crippen molar-refractivity contribution in [2.24, 2.45) is 0 Å². The van der Waals surface area contributed by atoms with E-state index in [0.717, 1.165) is 31.0 Å². The number of benzene rings is 1. The van der Waals surface area contributed by atoms with Crippen LogP contribution in [-0.4, -0.2) is 58.5 Å². The molecule has 0 saturated carbocycles.